The third kappa shape index (κ3) is 5.41. The molecule has 4 aromatic rings. The van der Waals surface area contributed by atoms with Crippen molar-refractivity contribution in [3.63, 3.8) is 0 Å². The summed E-state index contributed by atoms with van der Waals surface area (Å²) in [4.78, 5) is 18.5. The van der Waals surface area contributed by atoms with E-state index in [1.807, 2.05) is 0 Å². The highest BCUT2D eigenvalue weighted by Gasteiger charge is 2.23. The van der Waals surface area contributed by atoms with Crippen molar-refractivity contribution in [3.8, 4) is 28.5 Å². The summed E-state index contributed by atoms with van der Waals surface area (Å²) in [6, 6.07) is 9.84. The SMILES string of the molecule is CC(C)(O)Cn1ncc2cc(F)c(-c3c(-c4ccc(C#N)c(F)c4)[nH]c(N4C=CC(N)=CC4)cc3=O)cc21.Cl. The molecule has 0 saturated heterocycles. The van der Waals surface area contributed by atoms with Crippen molar-refractivity contribution < 1.29 is 13.9 Å². The molecule has 200 valence electrons. The molecule has 0 atom stereocenters. The van der Waals surface area contributed by atoms with E-state index in [2.05, 4.69) is 10.1 Å². The Hall–Kier alpha value is -4.46. The van der Waals surface area contributed by atoms with Gasteiger partial charge >= 0.3 is 0 Å². The van der Waals surface area contributed by atoms with Crippen molar-refractivity contribution in [3.05, 3.63) is 94.1 Å². The smallest absolute Gasteiger partial charge is 0.192 e. The predicted octanol–water partition coefficient (Wildman–Crippen LogP) is 4.58. The molecule has 0 aliphatic carbocycles. The van der Waals surface area contributed by atoms with Crippen molar-refractivity contribution in [1.29, 1.82) is 5.26 Å². The van der Waals surface area contributed by atoms with Crippen molar-refractivity contribution in [2.45, 2.75) is 26.0 Å². The van der Waals surface area contributed by atoms with E-state index < -0.39 is 22.7 Å². The Morgan fingerprint density at radius 1 is 1.21 bits per heavy atom. The summed E-state index contributed by atoms with van der Waals surface area (Å²) in [6.07, 6.45) is 6.63. The molecule has 2 aromatic carbocycles. The van der Waals surface area contributed by atoms with Crippen molar-refractivity contribution >= 4 is 29.1 Å². The third-order valence-electron chi connectivity index (χ3n) is 6.21. The Morgan fingerprint density at radius 2 is 1.97 bits per heavy atom. The van der Waals surface area contributed by atoms with Gasteiger partial charge in [0, 0.05) is 41.0 Å². The lowest BCUT2D eigenvalue weighted by molar-refractivity contribution is 0.0591. The maximum absolute atomic E-state index is 15.5. The van der Waals surface area contributed by atoms with Crippen LogP contribution in [0.2, 0.25) is 0 Å². The number of rotatable bonds is 5. The molecule has 0 radical (unpaired) electrons. The van der Waals surface area contributed by atoms with Gasteiger partial charge in [0.2, 0.25) is 0 Å². The van der Waals surface area contributed by atoms with Crippen molar-refractivity contribution in [1.82, 2.24) is 14.8 Å². The number of hydrogen-bond donors (Lipinski definition) is 3. The molecule has 0 spiro atoms. The second kappa shape index (κ2) is 10.4. The van der Waals surface area contributed by atoms with Gasteiger partial charge in [-0.05, 0) is 50.3 Å². The molecule has 0 bridgehead atoms. The Labute approximate surface area is 228 Å². The lowest BCUT2D eigenvalue weighted by atomic mass is 9.96. The average molecular weight is 551 g/mol. The van der Waals surface area contributed by atoms with Gasteiger partial charge in [0.1, 0.15) is 23.5 Å². The number of aliphatic hydroxyl groups is 1. The first-order valence-electron chi connectivity index (χ1n) is 11.8. The van der Waals surface area contributed by atoms with Gasteiger partial charge in [-0.15, -0.1) is 12.4 Å². The van der Waals surface area contributed by atoms with Gasteiger partial charge < -0.3 is 20.7 Å². The highest BCUT2D eigenvalue weighted by Crippen LogP contribution is 2.34. The van der Waals surface area contributed by atoms with Gasteiger partial charge in [0.05, 0.1) is 40.7 Å². The van der Waals surface area contributed by atoms with Crippen LogP contribution in [0, 0.1) is 23.0 Å². The Kier molecular flexibility index (Phi) is 7.33. The van der Waals surface area contributed by atoms with E-state index in [9.17, 15) is 14.3 Å². The number of fused-ring (bicyclic) bond motifs is 1. The van der Waals surface area contributed by atoms with Crippen LogP contribution in [0.25, 0.3) is 33.3 Å². The Morgan fingerprint density at radius 3 is 2.62 bits per heavy atom. The molecule has 5 rings (SSSR count). The fourth-order valence-corrected chi connectivity index (χ4v) is 4.42. The number of aromatic nitrogens is 3. The highest BCUT2D eigenvalue weighted by molar-refractivity contribution is 5.89. The molecule has 0 fully saturated rings. The monoisotopic (exact) mass is 550 g/mol. The molecule has 11 heteroatoms. The van der Waals surface area contributed by atoms with E-state index in [0.29, 0.717) is 29.0 Å². The normalized spacial score (nSPS) is 13.2. The van der Waals surface area contributed by atoms with Gasteiger partial charge in [-0.2, -0.15) is 10.4 Å². The minimum Gasteiger partial charge on any atom is -0.399 e. The van der Waals surface area contributed by atoms with Gasteiger partial charge in [-0.25, -0.2) is 8.78 Å². The Bertz CT molecular complexity index is 1740. The molecule has 39 heavy (non-hydrogen) atoms. The van der Waals surface area contributed by atoms with Crippen LogP contribution in [-0.4, -0.2) is 32.0 Å². The lowest BCUT2D eigenvalue weighted by Gasteiger charge is -2.23. The molecular weight excluding hydrogens is 526 g/mol. The molecule has 0 unspecified atom stereocenters. The zero-order chi connectivity index (χ0) is 27.2. The number of nitriles is 1. The summed E-state index contributed by atoms with van der Waals surface area (Å²) >= 11 is 0. The number of pyridine rings is 1. The zero-order valence-corrected chi connectivity index (χ0v) is 21.9. The largest absolute Gasteiger partial charge is 0.399 e. The molecule has 2 aromatic heterocycles. The molecule has 3 heterocycles. The Balaban J connectivity index is 0.00000353. The van der Waals surface area contributed by atoms with E-state index in [1.165, 1.54) is 41.2 Å². The third-order valence-corrected chi connectivity index (χ3v) is 6.21. The van der Waals surface area contributed by atoms with Gasteiger partial charge in [-0.3, -0.25) is 9.48 Å². The standard InChI is InChI=1S/C28H24F2N6O2.ClH/c1-28(2,38)15-36-23-11-20(22(30)10-18(23)14-33-36)26-24(37)12-25(35-7-5-19(32)6-8-35)34-27(26)16-3-4-17(13-31)21(29)9-16;/h3-7,9-12,14,38H,8,15,32H2,1-2H3,(H,34,37);1H. The van der Waals surface area contributed by atoms with Crippen LogP contribution in [-0.2, 0) is 6.54 Å². The van der Waals surface area contributed by atoms with Crippen molar-refractivity contribution in [2.24, 2.45) is 5.73 Å². The van der Waals surface area contributed by atoms with Crippen LogP contribution in [0.5, 0.6) is 0 Å². The maximum Gasteiger partial charge on any atom is 0.192 e. The first-order chi connectivity index (χ1) is 18.0. The van der Waals surface area contributed by atoms with Gasteiger partial charge in [0.15, 0.2) is 5.43 Å². The summed E-state index contributed by atoms with van der Waals surface area (Å²) in [5.74, 6) is -1.04. The summed E-state index contributed by atoms with van der Waals surface area (Å²) in [6.45, 7) is 3.78. The van der Waals surface area contributed by atoms with Gasteiger partial charge in [0.25, 0.3) is 0 Å². The van der Waals surface area contributed by atoms with E-state index >= 15 is 4.39 Å². The van der Waals surface area contributed by atoms with Crippen LogP contribution in [0.4, 0.5) is 14.6 Å². The van der Waals surface area contributed by atoms with Crippen LogP contribution >= 0.6 is 12.4 Å². The number of benzene rings is 2. The molecular formula is C28H25ClF2N6O2. The van der Waals surface area contributed by atoms with E-state index in [-0.39, 0.29) is 46.9 Å². The minimum absolute atomic E-state index is 0. The quantitative estimate of drug-likeness (QED) is 0.334. The second-order valence-corrected chi connectivity index (χ2v) is 9.75. The number of nitrogens with zero attached hydrogens (tertiary/aromatic N) is 4. The summed E-state index contributed by atoms with van der Waals surface area (Å²) < 4.78 is 31.7. The summed E-state index contributed by atoms with van der Waals surface area (Å²) in [5, 5.41) is 24.2. The first kappa shape index (κ1) is 27.6. The fourth-order valence-electron chi connectivity index (χ4n) is 4.42. The van der Waals surface area contributed by atoms with E-state index in [4.69, 9.17) is 11.0 Å². The maximum atomic E-state index is 15.5. The molecule has 1 aliphatic heterocycles. The van der Waals surface area contributed by atoms with Gasteiger partial charge in [-0.1, -0.05) is 6.07 Å². The first-order valence-corrected chi connectivity index (χ1v) is 11.8. The minimum atomic E-state index is -1.09. The number of allylic oxidation sites excluding steroid dienone is 1. The number of H-pyrrole nitrogens is 1. The van der Waals surface area contributed by atoms with Crippen LogP contribution in [0.1, 0.15) is 19.4 Å². The van der Waals surface area contributed by atoms with E-state index in [0.717, 1.165) is 6.07 Å². The zero-order valence-electron chi connectivity index (χ0n) is 21.1. The van der Waals surface area contributed by atoms with E-state index in [1.54, 1.807) is 43.2 Å². The molecule has 1 aliphatic rings. The second-order valence-electron chi connectivity index (χ2n) is 9.75. The topological polar surface area (TPSA) is 124 Å². The number of anilines is 1. The molecule has 8 nitrogen and oxygen atoms in total. The molecule has 0 saturated carbocycles. The highest BCUT2D eigenvalue weighted by atomic mass is 35.5. The number of halogens is 3. The van der Waals surface area contributed by atoms with Crippen LogP contribution in [0.3, 0.4) is 0 Å². The number of nitrogens with one attached hydrogen (secondary N) is 1. The summed E-state index contributed by atoms with van der Waals surface area (Å²) in [7, 11) is 0. The lowest BCUT2D eigenvalue weighted by Crippen LogP contribution is -2.26. The fraction of sp³-hybridized carbons (Fsp3) is 0.179. The predicted molar refractivity (Wildman–Crippen MR) is 148 cm³/mol. The summed E-state index contributed by atoms with van der Waals surface area (Å²) in [5.41, 5.74) is 5.59. The van der Waals surface area contributed by atoms with Crippen LogP contribution in [0.15, 0.2) is 71.4 Å². The average Bonchev–Trinajstić information content (AvgIpc) is 3.23. The molecule has 0 amide bonds. The molecule has 4 N–H and O–H groups in total. The number of aromatic amines is 1. The van der Waals surface area contributed by atoms with Crippen LogP contribution < -0.4 is 16.1 Å². The number of hydrogen-bond acceptors (Lipinski definition) is 6. The number of nitrogens with two attached hydrogens (primary N) is 1. The van der Waals surface area contributed by atoms with Crippen molar-refractivity contribution in [2.75, 3.05) is 11.4 Å².